The minimum Gasteiger partial charge on any atom is -0.478 e. The van der Waals surface area contributed by atoms with Crippen molar-refractivity contribution >= 4 is 12.0 Å². The lowest BCUT2D eigenvalue weighted by Gasteiger charge is -2.06. The Morgan fingerprint density at radius 3 is 2.24 bits per heavy atom. The zero-order valence-corrected chi connectivity index (χ0v) is 18.5. The van der Waals surface area contributed by atoms with Crippen LogP contribution < -0.4 is 0 Å². The smallest absolute Gasteiger partial charge is 0.328 e. The third-order valence-electron chi connectivity index (χ3n) is 4.95. The number of allylic oxidation sites excluding steroid dienone is 6. The Bertz CT molecular complexity index is 720. The van der Waals surface area contributed by atoms with Gasteiger partial charge in [-0.3, -0.25) is 0 Å². The Labute approximate surface area is 177 Å². The molecule has 158 valence electrons. The van der Waals surface area contributed by atoms with E-state index >= 15 is 0 Å². The van der Waals surface area contributed by atoms with Crippen molar-refractivity contribution in [2.45, 2.75) is 78.6 Å². The fourth-order valence-corrected chi connectivity index (χ4v) is 3.25. The number of aryl methyl sites for hydroxylation is 1. The van der Waals surface area contributed by atoms with Crippen LogP contribution >= 0.6 is 0 Å². The second kappa shape index (κ2) is 15.6. The molecule has 1 aromatic carbocycles. The van der Waals surface area contributed by atoms with E-state index in [1.165, 1.54) is 68.6 Å². The number of hydrogen-bond donors (Lipinski definition) is 1. The minimum atomic E-state index is -0.916. The molecule has 0 saturated heterocycles. The molecule has 0 aliphatic rings. The van der Waals surface area contributed by atoms with Gasteiger partial charge in [-0.1, -0.05) is 112 Å². The zero-order valence-electron chi connectivity index (χ0n) is 18.5. The molecule has 1 rings (SSSR count). The van der Waals surface area contributed by atoms with Crippen molar-refractivity contribution in [2.75, 3.05) is 0 Å². The first-order chi connectivity index (χ1) is 14.0. The number of aliphatic carboxylic acids is 1. The van der Waals surface area contributed by atoms with Crippen LogP contribution in [0.4, 0.5) is 0 Å². The van der Waals surface area contributed by atoms with Crippen molar-refractivity contribution in [2.24, 2.45) is 0 Å². The number of benzene rings is 1. The van der Waals surface area contributed by atoms with E-state index in [1.807, 2.05) is 18.2 Å². The summed E-state index contributed by atoms with van der Waals surface area (Å²) in [6.07, 6.45) is 23.1. The molecule has 0 unspecified atom stereocenters. The fourth-order valence-electron chi connectivity index (χ4n) is 3.25. The first-order valence-electron chi connectivity index (χ1n) is 11.0. The van der Waals surface area contributed by atoms with Crippen LogP contribution in [0.5, 0.6) is 0 Å². The van der Waals surface area contributed by atoms with E-state index in [4.69, 9.17) is 5.11 Å². The van der Waals surface area contributed by atoms with Gasteiger partial charge in [0.25, 0.3) is 0 Å². The van der Waals surface area contributed by atoms with Gasteiger partial charge in [-0.15, -0.1) is 0 Å². The van der Waals surface area contributed by atoms with Crippen molar-refractivity contribution in [3.8, 4) is 0 Å². The molecule has 0 radical (unpaired) electrons. The van der Waals surface area contributed by atoms with Gasteiger partial charge < -0.3 is 5.11 Å². The normalized spacial score (nSPS) is 12.9. The number of unbranched alkanes of at least 4 members (excludes halogenated alkanes) is 7. The molecule has 0 bridgehead atoms. The van der Waals surface area contributed by atoms with Crippen LogP contribution in [0, 0.1) is 0 Å². The highest BCUT2D eigenvalue weighted by Gasteiger charge is 1.99. The van der Waals surface area contributed by atoms with Gasteiger partial charge >= 0.3 is 5.97 Å². The molecule has 0 fully saturated rings. The summed E-state index contributed by atoms with van der Waals surface area (Å²) >= 11 is 0. The third kappa shape index (κ3) is 12.7. The predicted molar refractivity (Wildman–Crippen MR) is 126 cm³/mol. The molecule has 0 atom stereocenters. The van der Waals surface area contributed by atoms with Crippen LogP contribution in [0.2, 0.25) is 0 Å². The summed E-state index contributed by atoms with van der Waals surface area (Å²) in [4.78, 5) is 10.6. The van der Waals surface area contributed by atoms with Crippen LogP contribution in [-0.4, -0.2) is 11.1 Å². The van der Waals surface area contributed by atoms with Gasteiger partial charge in [-0.05, 0) is 43.4 Å². The van der Waals surface area contributed by atoms with Crippen molar-refractivity contribution in [3.63, 3.8) is 0 Å². The predicted octanol–water partition coefficient (Wildman–Crippen LogP) is 7.92. The van der Waals surface area contributed by atoms with Crippen LogP contribution in [0.25, 0.3) is 6.08 Å². The molecule has 29 heavy (non-hydrogen) atoms. The van der Waals surface area contributed by atoms with Crippen LogP contribution in [0.15, 0.2) is 65.8 Å². The van der Waals surface area contributed by atoms with E-state index < -0.39 is 5.97 Å². The van der Waals surface area contributed by atoms with E-state index in [2.05, 4.69) is 50.3 Å². The number of rotatable bonds is 14. The zero-order chi connectivity index (χ0) is 21.3. The van der Waals surface area contributed by atoms with Gasteiger partial charge in [0.05, 0.1) is 0 Å². The average molecular weight is 395 g/mol. The first kappa shape index (κ1) is 24.7. The second-order valence-electron chi connectivity index (χ2n) is 7.75. The molecule has 0 heterocycles. The lowest BCUT2D eigenvalue weighted by atomic mass is 9.99. The average Bonchev–Trinajstić information content (AvgIpc) is 2.68. The topological polar surface area (TPSA) is 37.3 Å². The quantitative estimate of drug-likeness (QED) is 0.198. The Balaban J connectivity index is 2.50. The van der Waals surface area contributed by atoms with E-state index in [1.54, 1.807) is 6.92 Å². The maximum atomic E-state index is 10.6. The fraction of sp³-hybridized carbons (Fsp3) is 0.444. The number of carboxylic acids is 1. The third-order valence-corrected chi connectivity index (χ3v) is 4.95. The molecule has 0 aromatic heterocycles. The summed E-state index contributed by atoms with van der Waals surface area (Å²) < 4.78 is 0. The highest BCUT2D eigenvalue weighted by Crippen LogP contribution is 2.16. The molecule has 0 aliphatic carbocycles. The summed E-state index contributed by atoms with van der Waals surface area (Å²) in [6, 6.07) is 8.63. The molecule has 0 spiro atoms. The largest absolute Gasteiger partial charge is 0.478 e. The Hall–Kier alpha value is -2.35. The molecule has 1 N–H and O–H groups in total. The summed E-state index contributed by atoms with van der Waals surface area (Å²) in [6.45, 7) is 6.10. The highest BCUT2D eigenvalue weighted by molar-refractivity contribution is 5.81. The molecular weight excluding hydrogens is 356 g/mol. The molecule has 0 saturated carbocycles. The summed E-state index contributed by atoms with van der Waals surface area (Å²) in [5, 5.41) is 8.73. The van der Waals surface area contributed by atoms with E-state index in [0.29, 0.717) is 0 Å². The van der Waals surface area contributed by atoms with Crippen molar-refractivity contribution in [1.82, 2.24) is 0 Å². The molecule has 0 aliphatic heterocycles. The molecular formula is C27H38O2. The number of carboxylic acid groups (broad SMARTS) is 1. The van der Waals surface area contributed by atoms with E-state index in [9.17, 15) is 4.79 Å². The Kier molecular flexibility index (Phi) is 13.2. The number of carbonyl (C=O) groups is 1. The monoisotopic (exact) mass is 394 g/mol. The highest BCUT2D eigenvalue weighted by atomic mass is 16.4. The van der Waals surface area contributed by atoms with Gasteiger partial charge in [-0.25, -0.2) is 4.79 Å². The maximum absolute atomic E-state index is 10.6. The lowest BCUT2D eigenvalue weighted by Crippen LogP contribution is -1.90. The Morgan fingerprint density at radius 1 is 0.897 bits per heavy atom. The summed E-state index contributed by atoms with van der Waals surface area (Å²) in [7, 11) is 0. The summed E-state index contributed by atoms with van der Waals surface area (Å²) in [5.41, 5.74) is 4.56. The van der Waals surface area contributed by atoms with Gasteiger partial charge in [0, 0.05) is 6.08 Å². The molecule has 2 heteroatoms. The van der Waals surface area contributed by atoms with Crippen molar-refractivity contribution in [3.05, 3.63) is 76.9 Å². The summed E-state index contributed by atoms with van der Waals surface area (Å²) in [5.74, 6) is -0.916. The maximum Gasteiger partial charge on any atom is 0.328 e. The van der Waals surface area contributed by atoms with E-state index in [-0.39, 0.29) is 0 Å². The minimum absolute atomic E-state index is 0.723. The molecule has 0 amide bonds. The first-order valence-corrected chi connectivity index (χ1v) is 11.0. The SMILES string of the molecule is CCCCCCCCCCc1ccccc1/C=C/C(C)=C/C=C/C(C)=C/C(=O)O. The van der Waals surface area contributed by atoms with Crippen LogP contribution in [0.1, 0.15) is 83.3 Å². The van der Waals surface area contributed by atoms with E-state index in [0.717, 1.165) is 17.6 Å². The lowest BCUT2D eigenvalue weighted by molar-refractivity contribution is -0.131. The Morgan fingerprint density at radius 2 is 1.55 bits per heavy atom. The van der Waals surface area contributed by atoms with Crippen molar-refractivity contribution in [1.29, 1.82) is 0 Å². The second-order valence-corrected chi connectivity index (χ2v) is 7.75. The molecule has 1 aromatic rings. The van der Waals surface area contributed by atoms with Crippen LogP contribution in [0.3, 0.4) is 0 Å². The number of hydrogen-bond acceptors (Lipinski definition) is 1. The van der Waals surface area contributed by atoms with Crippen molar-refractivity contribution < 1.29 is 9.90 Å². The van der Waals surface area contributed by atoms with Gasteiger partial charge in [0.1, 0.15) is 0 Å². The van der Waals surface area contributed by atoms with Gasteiger partial charge in [-0.2, -0.15) is 0 Å². The van der Waals surface area contributed by atoms with Gasteiger partial charge in [0.2, 0.25) is 0 Å². The standard InChI is InChI=1S/C27H38O2/c1-4-5-6-7-8-9-10-11-17-25-18-12-13-19-26(25)21-20-23(2)15-14-16-24(3)22-27(28)29/h12-16,18-22H,4-11,17H2,1-3H3,(H,28,29)/b16-14+,21-20+,23-15+,24-22+. The van der Waals surface area contributed by atoms with Gasteiger partial charge in [0.15, 0.2) is 0 Å². The van der Waals surface area contributed by atoms with Crippen LogP contribution in [-0.2, 0) is 11.2 Å². The molecule has 2 nitrogen and oxygen atoms in total.